The molecule has 3 rings (SSSR count). The topological polar surface area (TPSA) is 66.9 Å². The standard InChI is InChI=1S/C18H20N4OS/c1-18(2,3)12-7-4-5-8-13(12)19-11-16(23)20-14-9-6-10-15-17(14)22-24-21-15/h4-10,19H,11H2,1-3H3,(H,20,23). The first-order chi connectivity index (χ1) is 11.4. The molecule has 0 saturated heterocycles. The fourth-order valence-electron chi connectivity index (χ4n) is 2.57. The second-order valence-corrected chi connectivity index (χ2v) is 7.16. The van der Waals surface area contributed by atoms with Gasteiger partial charge in [-0.25, -0.2) is 0 Å². The second-order valence-electron chi connectivity index (χ2n) is 6.63. The first-order valence-electron chi connectivity index (χ1n) is 7.79. The van der Waals surface area contributed by atoms with Crippen LogP contribution in [0.4, 0.5) is 11.4 Å². The maximum Gasteiger partial charge on any atom is 0.243 e. The van der Waals surface area contributed by atoms with Crippen molar-refractivity contribution >= 4 is 40.0 Å². The zero-order chi connectivity index (χ0) is 17.2. The third-order valence-electron chi connectivity index (χ3n) is 3.73. The van der Waals surface area contributed by atoms with Crippen molar-refractivity contribution in [1.82, 2.24) is 8.75 Å². The smallest absolute Gasteiger partial charge is 0.243 e. The van der Waals surface area contributed by atoms with Crippen LogP contribution in [-0.4, -0.2) is 21.2 Å². The Morgan fingerprint density at radius 3 is 2.58 bits per heavy atom. The molecular weight excluding hydrogens is 320 g/mol. The lowest BCUT2D eigenvalue weighted by Gasteiger charge is -2.23. The van der Waals surface area contributed by atoms with Gasteiger partial charge >= 0.3 is 0 Å². The molecule has 24 heavy (non-hydrogen) atoms. The number of nitrogens with one attached hydrogen (secondary N) is 2. The molecule has 3 aromatic rings. The number of anilines is 2. The second kappa shape index (κ2) is 6.57. The van der Waals surface area contributed by atoms with Crippen LogP contribution in [0.15, 0.2) is 42.5 Å². The van der Waals surface area contributed by atoms with Crippen molar-refractivity contribution in [3.8, 4) is 0 Å². The minimum atomic E-state index is -0.112. The molecule has 0 radical (unpaired) electrons. The molecule has 6 heteroatoms. The summed E-state index contributed by atoms with van der Waals surface area (Å²) >= 11 is 1.14. The Morgan fingerprint density at radius 2 is 1.79 bits per heavy atom. The number of para-hydroxylation sites is 1. The number of amides is 1. The molecule has 0 aliphatic heterocycles. The van der Waals surface area contributed by atoms with E-state index in [1.54, 1.807) is 0 Å². The van der Waals surface area contributed by atoms with Gasteiger partial charge in [-0.05, 0) is 29.2 Å². The number of aromatic nitrogens is 2. The van der Waals surface area contributed by atoms with Gasteiger partial charge in [-0.3, -0.25) is 4.79 Å². The van der Waals surface area contributed by atoms with Crippen molar-refractivity contribution in [2.75, 3.05) is 17.2 Å². The zero-order valence-corrected chi connectivity index (χ0v) is 14.8. The van der Waals surface area contributed by atoms with Gasteiger partial charge in [0.15, 0.2) is 0 Å². The Balaban J connectivity index is 1.70. The normalized spacial score (nSPS) is 11.5. The molecule has 1 aromatic heterocycles. The highest BCUT2D eigenvalue weighted by atomic mass is 32.1. The molecule has 5 nitrogen and oxygen atoms in total. The van der Waals surface area contributed by atoms with Gasteiger partial charge in [0.05, 0.1) is 24.0 Å². The summed E-state index contributed by atoms with van der Waals surface area (Å²) in [4.78, 5) is 12.3. The number of carbonyl (C=O) groups is 1. The molecule has 124 valence electrons. The fraction of sp³-hybridized carbons (Fsp3) is 0.278. The molecule has 0 fully saturated rings. The fourth-order valence-corrected chi connectivity index (χ4v) is 3.12. The minimum absolute atomic E-state index is 0.0118. The van der Waals surface area contributed by atoms with Crippen molar-refractivity contribution < 1.29 is 4.79 Å². The van der Waals surface area contributed by atoms with Crippen LogP contribution in [0.1, 0.15) is 26.3 Å². The first kappa shape index (κ1) is 16.4. The van der Waals surface area contributed by atoms with Gasteiger partial charge in [0.1, 0.15) is 11.0 Å². The lowest BCUT2D eigenvalue weighted by Crippen LogP contribution is -2.23. The van der Waals surface area contributed by atoms with E-state index in [0.29, 0.717) is 5.69 Å². The van der Waals surface area contributed by atoms with E-state index in [1.165, 1.54) is 5.56 Å². The molecule has 2 N–H and O–H groups in total. The van der Waals surface area contributed by atoms with E-state index in [9.17, 15) is 4.79 Å². The van der Waals surface area contributed by atoms with E-state index in [-0.39, 0.29) is 17.9 Å². The lowest BCUT2D eigenvalue weighted by atomic mass is 9.86. The predicted molar refractivity (Wildman–Crippen MR) is 99.7 cm³/mol. The van der Waals surface area contributed by atoms with Gasteiger partial charge < -0.3 is 10.6 Å². The molecule has 0 bridgehead atoms. The van der Waals surface area contributed by atoms with Gasteiger partial charge in [0.25, 0.3) is 0 Å². The molecule has 2 aromatic carbocycles. The SMILES string of the molecule is CC(C)(C)c1ccccc1NCC(=O)Nc1cccc2nsnc12. The number of benzene rings is 2. The highest BCUT2D eigenvalue weighted by molar-refractivity contribution is 7.00. The third-order valence-corrected chi connectivity index (χ3v) is 4.28. The summed E-state index contributed by atoms with van der Waals surface area (Å²) in [5.41, 5.74) is 4.39. The summed E-state index contributed by atoms with van der Waals surface area (Å²) in [6, 6.07) is 13.7. The minimum Gasteiger partial charge on any atom is -0.376 e. The summed E-state index contributed by atoms with van der Waals surface area (Å²) < 4.78 is 8.41. The van der Waals surface area contributed by atoms with Crippen molar-refractivity contribution in [1.29, 1.82) is 0 Å². The largest absolute Gasteiger partial charge is 0.376 e. The van der Waals surface area contributed by atoms with Gasteiger partial charge in [-0.1, -0.05) is 45.0 Å². The average molecular weight is 340 g/mol. The molecule has 0 saturated carbocycles. The summed E-state index contributed by atoms with van der Waals surface area (Å²) in [5.74, 6) is -0.112. The van der Waals surface area contributed by atoms with E-state index in [1.807, 2.05) is 36.4 Å². The zero-order valence-electron chi connectivity index (χ0n) is 14.0. The highest BCUT2D eigenvalue weighted by Gasteiger charge is 2.17. The number of fused-ring (bicyclic) bond motifs is 1. The van der Waals surface area contributed by atoms with Crippen LogP contribution < -0.4 is 10.6 Å². The van der Waals surface area contributed by atoms with Crippen molar-refractivity contribution in [3.05, 3.63) is 48.0 Å². The third kappa shape index (κ3) is 3.54. The molecule has 0 unspecified atom stereocenters. The Labute approximate surface area is 145 Å². The summed E-state index contributed by atoms with van der Waals surface area (Å²) in [6.45, 7) is 6.66. The van der Waals surface area contributed by atoms with E-state index >= 15 is 0 Å². The predicted octanol–water partition coefficient (Wildman–Crippen LogP) is 4.04. The van der Waals surface area contributed by atoms with Crippen LogP contribution >= 0.6 is 11.7 Å². The van der Waals surface area contributed by atoms with Crippen molar-refractivity contribution in [3.63, 3.8) is 0 Å². The Morgan fingerprint density at radius 1 is 1.04 bits per heavy atom. The lowest BCUT2D eigenvalue weighted by molar-refractivity contribution is -0.114. The maximum atomic E-state index is 12.3. The Hall–Kier alpha value is -2.47. The Bertz CT molecular complexity index is 867. The number of hydrogen-bond donors (Lipinski definition) is 2. The van der Waals surface area contributed by atoms with Crippen LogP contribution in [-0.2, 0) is 10.2 Å². The maximum absolute atomic E-state index is 12.3. The molecule has 0 atom stereocenters. The first-order valence-corrected chi connectivity index (χ1v) is 8.53. The average Bonchev–Trinajstić information content (AvgIpc) is 3.02. The molecule has 0 aliphatic rings. The van der Waals surface area contributed by atoms with Crippen LogP contribution in [0, 0.1) is 0 Å². The summed E-state index contributed by atoms with van der Waals surface area (Å²) in [7, 11) is 0. The van der Waals surface area contributed by atoms with Crippen LogP contribution in [0.25, 0.3) is 11.0 Å². The number of carbonyl (C=O) groups excluding carboxylic acids is 1. The van der Waals surface area contributed by atoms with Crippen molar-refractivity contribution in [2.45, 2.75) is 26.2 Å². The van der Waals surface area contributed by atoms with Gasteiger partial charge in [0, 0.05) is 5.69 Å². The molecule has 0 spiro atoms. The monoisotopic (exact) mass is 340 g/mol. The van der Waals surface area contributed by atoms with Crippen LogP contribution in [0.2, 0.25) is 0 Å². The summed E-state index contributed by atoms with van der Waals surface area (Å²) in [6.07, 6.45) is 0. The molecular formula is C18H20N4OS. The molecule has 1 heterocycles. The van der Waals surface area contributed by atoms with Gasteiger partial charge in [0.2, 0.25) is 5.91 Å². The van der Waals surface area contributed by atoms with E-state index in [4.69, 9.17) is 0 Å². The molecule has 0 aliphatic carbocycles. The Kier molecular flexibility index (Phi) is 4.49. The van der Waals surface area contributed by atoms with E-state index < -0.39 is 0 Å². The van der Waals surface area contributed by atoms with E-state index in [2.05, 4.69) is 46.2 Å². The van der Waals surface area contributed by atoms with Crippen LogP contribution in [0.5, 0.6) is 0 Å². The number of rotatable bonds is 4. The van der Waals surface area contributed by atoms with E-state index in [0.717, 1.165) is 28.4 Å². The van der Waals surface area contributed by atoms with Crippen LogP contribution in [0.3, 0.4) is 0 Å². The molecule has 1 amide bonds. The van der Waals surface area contributed by atoms with Gasteiger partial charge in [-0.2, -0.15) is 8.75 Å². The van der Waals surface area contributed by atoms with Crippen molar-refractivity contribution in [2.24, 2.45) is 0 Å². The highest BCUT2D eigenvalue weighted by Crippen LogP contribution is 2.29. The van der Waals surface area contributed by atoms with Gasteiger partial charge in [-0.15, -0.1) is 0 Å². The number of nitrogens with zero attached hydrogens (tertiary/aromatic N) is 2. The number of hydrogen-bond acceptors (Lipinski definition) is 5. The quantitative estimate of drug-likeness (QED) is 0.752. The summed E-state index contributed by atoms with van der Waals surface area (Å²) in [5, 5.41) is 6.14.